The summed E-state index contributed by atoms with van der Waals surface area (Å²) in [7, 11) is -0.738. The summed E-state index contributed by atoms with van der Waals surface area (Å²) in [5.74, 6) is 1.11. The van der Waals surface area contributed by atoms with Gasteiger partial charge >= 0.3 is 0 Å². The number of nitrogens with zero attached hydrogens (tertiary/aromatic N) is 1. The Hall–Kier alpha value is -3.00. The fourth-order valence-corrected chi connectivity index (χ4v) is 3.61. The van der Waals surface area contributed by atoms with Gasteiger partial charge in [-0.3, -0.25) is 0 Å². The Morgan fingerprint density at radius 1 is 1.04 bits per heavy atom. The summed E-state index contributed by atoms with van der Waals surface area (Å²) < 4.78 is 43.4. The highest BCUT2D eigenvalue weighted by Gasteiger charge is 2.20. The van der Waals surface area contributed by atoms with Gasteiger partial charge in [-0.1, -0.05) is 30.3 Å². The lowest BCUT2D eigenvalue weighted by Gasteiger charge is -2.10. The number of nitrogens with one attached hydrogen (secondary N) is 1. The number of methoxy groups -OCH3 is 2. The summed E-state index contributed by atoms with van der Waals surface area (Å²) in [6.45, 7) is 2.01. The molecule has 1 heterocycles. The molecule has 8 heteroatoms. The van der Waals surface area contributed by atoms with E-state index in [0.29, 0.717) is 22.6 Å². The molecule has 0 atom stereocenters. The number of anilines is 1. The molecular weight excluding hydrogens is 368 g/mol. The third-order valence-corrected chi connectivity index (χ3v) is 5.48. The molecule has 7 nitrogen and oxygen atoms in total. The molecule has 0 unspecified atom stereocenters. The normalized spacial score (nSPS) is 11.2. The first kappa shape index (κ1) is 18.8. The zero-order valence-electron chi connectivity index (χ0n) is 15.2. The van der Waals surface area contributed by atoms with Gasteiger partial charge in [-0.25, -0.2) is 13.1 Å². The van der Waals surface area contributed by atoms with Crippen molar-refractivity contribution < 1.29 is 22.4 Å². The number of ether oxygens (including phenoxy) is 2. The number of aryl methyl sites for hydroxylation is 1. The summed E-state index contributed by atoms with van der Waals surface area (Å²) in [6.07, 6.45) is 2.28. The molecule has 142 valence electrons. The van der Waals surface area contributed by atoms with Crippen LogP contribution in [-0.4, -0.2) is 27.8 Å². The minimum Gasteiger partial charge on any atom is -0.493 e. The van der Waals surface area contributed by atoms with Gasteiger partial charge in [-0.2, -0.15) is 0 Å². The smallest absolute Gasteiger partial charge is 0.264 e. The number of hydrogen-bond acceptors (Lipinski definition) is 6. The lowest BCUT2D eigenvalue weighted by molar-refractivity contribution is 0.355. The highest BCUT2D eigenvalue weighted by molar-refractivity contribution is 7.92. The molecule has 0 saturated heterocycles. The molecule has 0 fully saturated rings. The molecule has 3 rings (SSSR count). The van der Waals surface area contributed by atoms with Crippen LogP contribution in [0.3, 0.4) is 0 Å². The summed E-state index contributed by atoms with van der Waals surface area (Å²) in [4.78, 5) is 0.148. The Balaban J connectivity index is 1.93. The Kier molecular flexibility index (Phi) is 5.36. The fourth-order valence-electron chi connectivity index (χ4n) is 2.61. The van der Waals surface area contributed by atoms with E-state index in [2.05, 4.69) is 9.88 Å². The van der Waals surface area contributed by atoms with Gasteiger partial charge in [0.15, 0.2) is 11.5 Å². The lowest BCUT2D eigenvalue weighted by atomic mass is 10.1. The van der Waals surface area contributed by atoms with E-state index < -0.39 is 10.0 Å². The second-order valence-corrected chi connectivity index (χ2v) is 7.42. The third-order valence-electron chi connectivity index (χ3n) is 4.13. The van der Waals surface area contributed by atoms with Crippen molar-refractivity contribution in [1.29, 1.82) is 0 Å². The number of rotatable bonds is 7. The number of aromatic nitrogens is 1. The molecule has 1 aromatic heterocycles. The molecule has 0 aliphatic rings. The lowest BCUT2D eigenvalue weighted by Crippen LogP contribution is -2.13. The van der Waals surface area contributed by atoms with E-state index in [9.17, 15) is 8.42 Å². The topological polar surface area (TPSA) is 90.7 Å². The van der Waals surface area contributed by atoms with Gasteiger partial charge in [0.25, 0.3) is 10.0 Å². The van der Waals surface area contributed by atoms with Gasteiger partial charge < -0.3 is 14.0 Å². The maximum absolute atomic E-state index is 12.7. The fraction of sp³-hybridized carbons (Fsp3) is 0.211. The number of hydrogen-bond donors (Lipinski definition) is 1. The van der Waals surface area contributed by atoms with E-state index in [4.69, 9.17) is 14.0 Å². The van der Waals surface area contributed by atoms with Gasteiger partial charge in [0.05, 0.1) is 30.9 Å². The molecule has 0 bridgehead atoms. The van der Waals surface area contributed by atoms with Crippen LogP contribution in [0.4, 0.5) is 5.88 Å². The summed E-state index contributed by atoms with van der Waals surface area (Å²) >= 11 is 0. The van der Waals surface area contributed by atoms with E-state index in [0.717, 1.165) is 12.0 Å². The predicted octanol–water partition coefficient (Wildman–Crippen LogP) is 3.72. The molecule has 3 aromatic rings. The molecule has 0 saturated carbocycles. The summed E-state index contributed by atoms with van der Waals surface area (Å²) in [6, 6.07) is 11.9. The highest BCUT2D eigenvalue weighted by Crippen LogP contribution is 2.36. The van der Waals surface area contributed by atoms with Crippen molar-refractivity contribution in [3.8, 4) is 22.6 Å². The molecule has 0 radical (unpaired) electrons. The van der Waals surface area contributed by atoms with Crippen molar-refractivity contribution in [1.82, 2.24) is 5.16 Å². The van der Waals surface area contributed by atoms with Crippen LogP contribution in [0.25, 0.3) is 11.1 Å². The summed E-state index contributed by atoms with van der Waals surface area (Å²) in [5, 5.41) is 3.73. The second-order valence-electron chi connectivity index (χ2n) is 5.74. The first-order valence-corrected chi connectivity index (χ1v) is 9.75. The summed E-state index contributed by atoms with van der Waals surface area (Å²) in [5.41, 5.74) is 2.22. The van der Waals surface area contributed by atoms with Crippen LogP contribution in [0.2, 0.25) is 0 Å². The van der Waals surface area contributed by atoms with Crippen molar-refractivity contribution in [2.24, 2.45) is 0 Å². The van der Waals surface area contributed by atoms with Gasteiger partial charge in [-0.15, -0.1) is 0 Å². The van der Waals surface area contributed by atoms with Crippen molar-refractivity contribution in [2.45, 2.75) is 18.2 Å². The standard InChI is InChI=1S/C19H20N2O5S/c1-4-13-5-8-15(9-6-13)27(22,23)21-19-16(12-20-26-19)14-7-10-17(24-2)18(11-14)25-3/h5-12,21H,4H2,1-3H3. The molecule has 0 aliphatic carbocycles. The SMILES string of the molecule is CCc1ccc(S(=O)(=O)Nc2oncc2-c2ccc(OC)c(OC)c2)cc1. The van der Waals surface area contributed by atoms with Gasteiger partial charge in [-0.05, 0) is 41.8 Å². The van der Waals surface area contributed by atoms with Crippen molar-refractivity contribution in [3.63, 3.8) is 0 Å². The van der Waals surface area contributed by atoms with Gasteiger partial charge in [0, 0.05) is 0 Å². The van der Waals surface area contributed by atoms with Crippen LogP contribution in [-0.2, 0) is 16.4 Å². The van der Waals surface area contributed by atoms with Crippen molar-refractivity contribution in [2.75, 3.05) is 18.9 Å². The Morgan fingerprint density at radius 3 is 2.37 bits per heavy atom. The van der Waals surface area contributed by atoms with Gasteiger partial charge in [0.2, 0.25) is 5.88 Å². The van der Waals surface area contributed by atoms with Crippen LogP contribution in [0.1, 0.15) is 12.5 Å². The van der Waals surface area contributed by atoms with Crippen LogP contribution in [0.15, 0.2) is 58.1 Å². The van der Waals surface area contributed by atoms with E-state index >= 15 is 0 Å². The van der Waals surface area contributed by atoms with Crippen LogP contribution in [0.5, 0.6) is 11.5 Å². The average molecular weight is 388 g/mol. The van der Waals surface area contributed by atoms with E-state index in [-0.39, 0.29) is 10.8 Å². The Labute approximate surface area is 158 Å². The monoisotopic (exact) mass is 388 g/mol. The van der Waals surface area contributed by atoms with E-state index in [1.807, 2.05) is 6.92 Å². The minimum absolute atomic E-state index is 0.0294. The Bertz CT molecular complexity index is 1030. The predicted molar refractivity (Wildman–Crippen MR) is 102 cm³/mol. The quantitative estimate of drug-likeness (QED) is 0.663. The maximum atomic E-state index is 12.7. The maximum Gasteiger partial charge on any atom is 0.264 e. The first-order chi connectivity index (χ1) is 13.0. The zero-order chi connectivity index (χ0) is 19.4. The second kappa shape index (κ2) is 7.71. The molecule has 0 spiro atoms. The number of sulfonamides is 1. The van der Waals surface area contributed by atoms with Gasteiger partial charge in [0.1, 0.15) is 0 Å². The van der Waals surface area contributed by atoms with Crippen LogP contribution in [0, 0.1) is 0 Å². The Morgan fingerprint density at radius 2 is 1.74 bits per heavy atom. The highest BCUT2D eigenvalue weighted by atomic mass is 32.2. The minimum atomic E-state index is -3.81. The van der Waals surface area contributed by atoms with Crippen LogP contribution < -0.4 is 14.2 Å². The zero-order valence-corrected chi connectivity index (χ0v) is 16.0. The first-order valence-electron chi connectivity index (χ1n) is 8.27. The van der Waals surface area contributed by atoms with Crippen LogP contribution >= 0.6 is 0 Å². The molecule has 27 heavy (non-hydrogen) atoms. The molecule has 0 aliphatic heterocycles. The average Bonchev–Trinajstić information content (AvgIpc) is 3.14. The van der Waals surface area contributed by atoms with Crippen molar-refractivity contribution in [3.05, 3.63) is 54.2 Å². The molecule has 2 aromatic carbocycles. The third kappa shape index (κ3) is 3.90. The molecule has 1 N–H and O–H groups in total. The van der Waals surface area contributed by atoms with Crippen molar-refractivity contribution >= 4 is 15.9 Å². The van der Waals surface area contributed by atoms with E-state index in [1.165, 1.54) is 13.3 Å². The molecular formula is C19H20N2O5S. The van der Waals surface area contributed by atoms with E-state index in [1.54, 1.807) is 49.6 Å². The number of benzene rings is 2. The molecule has 0 amide bonds. The largest absolute Gasteiger partial charge is 0.493 e.